The molecule has 1 aliphatic rings. The van der Waals surface area contributed by atoms with Crippen molar-refractivity contribution in [3.8, 4) is 0 Å². The molecule has 0 bridgehead atoms. The average Bonchev–Trinajstić information content (AvgIpc) is 2.43. The van der Waals surface area contributed by atoms with Gasteiger partial charge < -0.3 is 14.8 Å². The Balaban J connectivity index is 2.16. The highest BCUT2D eigenvalue weighted by molar-refractivity contribution is 5.34. The van der Waals surface area contributed by atoms with Gasteiger partial charge in [-0.3, -0.25) is 0 Å². The second kappa shape index (κ2) is 3.38. The molecular weight excluding hydrogens is 164 g/mol. The molecule has 1 aromatic heterocycles. The smallest absolute Gasteiger partial charge is 0.205 e. The zero-order valence-electron chi connectivity index (χ0n) is 8.20. The predicted molar refractivity (Wildman–Crippen MR) is 52.9 cm³/mol. The molecule has 4 nitrogen and oxygen atoms in total. The van der Waals surface area contributed by atoms with E-state index < -0.39 is 0 Å². The zero-order valence-corrected chi connectivity index (χ0v) is 8.20. The van der Waals surface area contributed by atoms with Crippen LogP contribution in [0.25, 0.3) is 0 Å². The van der Waals surface area contributed by atoms with Crippen molar-refractivity contribution in [3.05, 3.63) is 12.4 Å². The lowest BCUT2D eigenvalue weighted by molar-refractivity contribution is 0.410. The maximum atomic E-state index is 4.35. The van der Waals surface area contributed by atoms with E-state index in [0.717, 1.165) is 25.6 Å². The van der Waals surface area contributed by atoms with Gasteiger partial charge in [-0.1, -0.05) is 0 Å². The molecule has 0 aromatic carbocycles. The summed E-state index contributed by atoms with van der Waals surface area (Å²) < 4.78 is 2.07. The van der Waals surface area contributed by atoms with Crippen molar-refractivity contribution in [2.75, 3.05) is 24.5 Å². The van der Waals surface area contributed by atoms with Crippen LogP contribution < -0.4 is 10.2 Å². The second-order valence-corrected chi connectivity index (χ2v) is 3.44. The average molecular weight is 180 g/mol. The van der Waals surface area contributed by atoms with Crippen molar-refractivity contribution < 1.29 is 0 Å². The summed E-state index contributed by atoms with van der Waals surface area (Å²) in [6, 6.07) is 0.631. The standard InChI is InChI=1S/C9H16N4/c1-3-13(8-6-10-7-8)9-11-4-5-12(9)2/h4-5,8,10H,3,6-7H2,1-2H3. The molecule has 4 heteroatoms. The first-order valence-corrected chi connectivity index (χ1v) is 4.77. The van der Waals surface area contributed by atoms with Crippen LogP contribution in [0, 0.1) is 0 Å². The molecule has 1 aliphatic heterocycles. The number of aromatic nitrogens is 2. The van der Waals surface area contributed by atoms with Crippen LogP contribution in [0.15, 0.2) is 12.4 Å². The molecule has 13 heavy (non-hydrogen) atoms. The number of likely N-dealkylation sites (N-methyl/N-ethyl adjacent to an activating group) is 1. The van der Waals surface area contributed by atoms with Crippen LogP contribution in [0.2, 0.25) is 0 Å². The van der Waals surface area contributed by atoms with E-state index in [2.05, 4.69) is 26.7 Å². The number of imidazole rings is 1. The number of hydrogen-bond acceptors (Lipinski definition) is 3. The molecule has 2 heterocycles. The number of rotatable bonds is 3. The van der Waals surface area contributed by atoms with Gasteiger partial charge in [0.1, 0.15) is 0 Å². The van der Waals surface area contributed by atoms with E-state index >= 15 is 0 Å². The molecule has 0 atom stereocenters. The number of nitrogens with one attached hydrogen (secondary N) is 1. The zero-order chi connectivity index (χ0) is 9.26. The maximum absolute atomic E-state index is 4.35. The van der Waals surface area contributed by atoms with E-state index in [4.69, 9.17) is 0 Å². The number of aryl methyl sites for hydroxylation is 1. The summed E-state index contributed by atoms with van der Waals surface area (Å²) in [5.41, 5.74) is 0. The van der Waals surface area contributed by atoms with Crippen LogP contribution in [0.3, 0.4) is 0 Å². The van der Waals surface area contributed by atoms with E-state index in [9.17, 15) is 0 Å². The highest BCUT2D eigenvalue weighted by Crippen LogP contribution is 2.15. The lowest BCUT2D eigenvalue weighted by Crippen LogP contribution is -2.57. The highest BCUT2D eigenvalue weighted by Gasteiger charge is 2.25. The summed E-state index contributed by atoms with van der Waals surface area (Å²) in [6.45, 7) is 5.37. The minimum atomic E-state index is 0.631. The van der Waals surface area contributed by atoms with Gasteiger partial charge in [0.25, 0.3) is 0 Å². The lowest BCUT2D eigenvalue weighted by Gasteiger charge is -2.38. The summed E-state index contributed by atoms with van der Waals surface area (Å²) in [7, 11) is 2.04. The molecule has 0 amide bonds. The van der Waals surface area contributed by atoms with Gasteiger partial charge in [-0.25, -0.2) is 4.98 Å². The molecule has 2 rings (SSSR count). The molecule has 0 aliphatic carbocycles. The summed E-state index contributed by atoms with van der Waals surface area (Å²) in [5.74, 6) is 1.08. The number of anilines is 1. The van der Waals surface area contributed by atoms with Crippen molar-refractivity contribution in [2.45, 2.75) is 13.0 Å². The van der Waals surface area contributed by atoms with Crippen LogP contribution in [0.1, 0.15) is 6.92 Å². The summed E-state index contributed by atoms with van der Waals surface area (Å²) >= 11 is 0. The van der Waals surface area contributed by atoms with Crippen LogP contribution in [-0.2, 0) is 7.05 Å². The molecule has 72 valence electrons. The third-order valence-corrected chi connectivity index (χ3v) is 2.59. The first kappa shape index (κ1) is 8.56. The fourth-order valence-electron chi connectivity index (χ4n) is 1.69. The van der Waals surface area contributed by atoms with Crippen LogP contribution >= 0.6 is 0 Å². The van der Waals surface area contributed by atoms with Crippen molar-refractivity contribution in [1.29, 1.82) is 0 Å². The Morgan fingerprint density at radius 1 is 1.69 bits per heavy atom. The topological polar surface area (TPSA) is 33.1 Å². The maximum Gasteiger partial charge on any atom is 0.205 e. The second-order valence-electron chi connectivity index (χ2n) is 3.44. The summed E-state index contributed by atoms with van der Waals surface area (Å²) in [6.07, 6.45) is 3.84. The Kier molecular flexibility index (Phi) is 2.22. The van der Waals surface area contributed by atoms with Gasteiger partial charge in [0, 0.05) is 39.1 Å². The van der Waals surface area contributed by atoms with Crippen molar-refractivity contribution >= 4 is 5.95 Å². The Bertz CT molecular complexity index is 277. The Hall–Kier alpha value is -1.03. The molecule has 0 saturated carbocycles. The van der Waals surface area contributed by atoms with Gasteiger partial charge in [-0.15, -0.1) is 0 Å². The van der Waals surface area contributed by atoms with Crippen molar-refractivity contribution in [2.24, 2.45) is 7.05 Å². The van der Waals surface area contributed by atoms with E-state index in [1.807, 2.05) is 19.4 Å². The SMILES string of the molecule is CCN(c1nccn1C)C1CNC1. The molecule has 1 N–H and O–H groups in total. The minimum Gasteiger partial charge on any atom is -0.337 e. The van der Waals surface area contributed by atoms with E-state index in [1.165, 1.54) is 0 Å². The summed E-state index contributed by atoms with van der Waals surface area (Å²) in [4.78, 5) is 6.69. The lowest BCUT2D eigenvalue weighted by atomic mass is 10.1. The molecule has 1 saturated heterocycles. The summed E-state index contributed by atoms with van der Waals surface area (Å²) in [5, 5.41) is 3.28. The van der Waals surface area contributed by atoms with Crippen LogP contribution in [0.5, 0.6) is 0 Å². The first-order chi connectivity index (χ1) is 6.33. The third kappa shape index (κ3) is 1.42. The van der Waals surface area contributed by atoms with E-state index in [0.29, 0.717) is 6.04 Å². The molecule has 1 fully saturated rings. The normalized spacial score (nSPS) is 17.1. The Labute approximate surface area is 78.6 Å². The Morgan fingerprint density at radius 2 is 2.46 bits per heavy atom. The van der Waals surface area contributed by atoms with Gasteiger partial charge in [0.15, 0.2) is 0 Å². The molecular formula is C9H16N4. The van der Waals surface area contributed by atoms with Crippen molar-refractivity contribution in [1.82, 2.24) is 14.9 Å². The molecule has 0 unspecified atom stereocenters. The predicted octanol–water partition coefficient (Wildman–Crippen LogP) is 0.218. The first-order valence-electron chi connectivity index (χ1n) is 4.77. The minimum absolute atomic E-state index is 0.631. The van der Waals surface area contributed by atoms with Gasteiger partial charge in [0.05, 0.1) is 6.04 Å². The van der Waals surface area contributed by atoms with E-state index in [1.54, 1.807) is 0 Å². The van der Waals surface area contributed by atoms with Crippen LogP contribution in [0.4, 0.5) is 5.95 Å². The molecule has 0 spiro atoms. The van der Waals surface area contributed by atoms with Crippen LogP contribution in [-0.4, -0.2) is 35.2 Å². The van der Waals surface area contributed by atoms with Gasteiger partial charge in [-0.05, 0) is 6.92 Å². The third-order valence-electron chi connectivity index (χ3n) is 2.59. The number of nitrogens with zero attached hydrogens (tertiary/aromatic N) is 3. The van der Waals surface area contributed by atoms with Gasteiger partial charge in [-0.2, -0.15) is 0 Å². The van der Waals surface area contributed by atoms with E-state index in [-0.39, 0.29) is 0 Å². The van der Waals surface area contributed by atoms with Gasteiger partial charge >= 0.3 is 0 Å². The fraction of sp³-hybridized carbons (Fsp3) is 0.667. The largest absolute Gasteiger partial charge is 0.337 e. The highest BCUT2D eigenvalue weighted by atomic mass is 15.3. The fourth-order valence-corrected chi connectivity index (χ4v) is 1.69. The Morgan fingerprint density at radius 3 is 2.85 bits per heavy atom. The van der Waals surface area contributed by atoms with Crippen molar-refractivity contribution in [3.63, 3.8) is 0 Å². The molecule has 1 aromatic rings. The quantitative estimate of drug-likeness (QED) is 0.722. The number of hydrogen-bond donors (Lipinski definition) is 1. The monoisotopic (exact) mass is 180 g/mol. The van der Waals surface area contributed by atoms with Gasteiger partial charge in [0.2, 0.25) is 5.95 Å². The molecule has 0 radical (unpaired) electrons.